The zero-order valence-corrected chi connectivity index (χ0v) is 17.3. The van der Waals surface area contributed by atoms with Gasteiger partial charge in [0.05, 0.1) is 6.61 Å². The molecule has 30 heavy (non-hydrogen) atoms. The van der Waals surface area contributed by atoms with Crippen molar-refractivity contribution in [3.8, 4) is 5.75 Å². The predicted octanol–water partition coefficient (Wildman–Crippen LogP) is 3.41. The molecule has 10 nitrogen and oxygen atoms in total. The lowest BCUT2D eigenvalue weighted by Gasteiger charge is -2.40. The Kier molecular flexibility index (Phi) is 7.99. The van der Waals surface area contributed by atoms with Crippen molar-refractivity contribution in [2.45, 2.75) is 51.2 Å². The fourth-order valence-corrected chi connectivity index (χ4v) is 3.93. The smallest absolute Gasteiger partial charge is 0.294 e. The highest BCUT2D eigenvalue weighted by molar-refractivity contribution is 5.34. The van der Waals surface area contributed by atoms with E-state index in [-0.39, 0.29) is 18.9 Å². The zero-order chi connectivity index (χ0) is 22.3. The maximum Gasteiger partial charge on any atom is 0.294 e. The Morgan fingerprint density at radius 2 is 2.03 bits per heavy atom. The van der Waals surface area contributed by atoms with Crippen LogP contribution in [0, 0.1) is 32.1 Å². The van der Waals surface area contributed by atoms with Crippen LogP contribution in [-0.2, 0) is 15.2 Å². The minimum Gasteiger partial charge on any atom is -0.494 e. The van der Waals surface area contributed by atoms with Crippen LogP contribution < -0.4 is 10.5 Å². The fraction of sp³-hybridized carbons (Fsp3) is 0.600. The SMILES string of the molecule is C=C1CC(C)CC(C(C)(N)c2cccc(OCCC(CO[N+](=O)[O-])O[N+](=O)[O-])c2)C1. The first-order chi connectivity index (χ1) is 14.1. The summed E-state index contributed by atoms with van der Waals surface area (Å²) in [4.78, 5) is 29.4. The summed E-state index contributed by atoms with van der Waals surface area (Å²) < 4.78 is 5.69. The normalized spacial score (nSPS) is 21.9. The first-order valence-electron chi connectivity index (χ1n) is 9.85. The van der Waals surface area contributed by atoms with Gasteiger partial charge in [0.25, 0.3) is 10.2 Å². The largest absolute Gasteiger partial charge is 0.494 e. The molecule has 0 bridgehead atoms. The van der Waals surface area contributed by atoms with E-state index in [1.54, 1.807) is 6.07 Å². The van der Waals surface area contributed by atoms with Gasteiger partial charge in [-0.1, -0.05) is 31.2 Å². The van der Waals surface area contributed by atoms with Crippen molar-refractivity contribution in [1.82, 2.24) is 0 Å². The molecule has 0 heterocycles. The van der Waals surface area contributed by atoms with Gasteiger partial charge in [0.15, 0.2) is 0 Å². The molecule has 1 saturated carbocycles. The summed E-state index contributed by atoms with van der Waals surface area (Å²) in [5, 5.41) is 18.8. The number of nitrogens with two attached hydrogens (primary N) is 1. The van der Waals surface area contributed by atoms with Gasteiger partial charge in [-0.3, -0.25) is 0 Å². The topological polar surface area (TPSA) is 140 Å². The van der Waals surface area contributed by atoms with Gasteiger partial charge in [-0.05, 0) is 55.7 Å². The highest BCUT2D eigenvalue weighted by Gasteiger charge is 2.36. The number of ether oxygens (including phenoxy) is 1. The Morgan fingerprint density at radius 1 is 1.30 bits per heavy atom. The van der Waals surface area contributed by atoms with E-state index in [0.29, 0.717) is 11.7 Å². The van der Waals surface area contributed by atoms with Crippen LogP contribution in [0.25, 0.3) is 0 Å². The molecule has 1 aromatic carbocycles. The first kappa shape index (κ1) is 23.4. The third kappa shape index (κ3) is 6.87. The van der Waals surface area contributed by atoms with Gasteiger partial charge in [0.2, 0.25) is 0 Å². The van der Waals surface area contributed by atoms with Crippen molar-refractivity contribution >= 4 is 0 Å². The molecule has 10 heteroatoms. The highest BCUT2D eigenvalue weighted by Crippen LogP contribution is 2.41. The highest BCUT2D eigenvalue weighted by atomic mass is 17.0. The molecule has 1 aromatic rings. The van der Waals surface area contributed by atoms with Gasteiger partial charge in [-0.2, -0.15) is 0 Å². The van der Waals surface area contributed by atoms with Gasteiger partial charge >= 0.3 is 0 Å². The second-order valence-electron chi connectivity index (χ2n) is 8.11. The van der Waals surface area contributed by atoms with E-state index in [9.17, 15) is 20.2 Å². The Bertz CT molecular complexity index is 769. The summed E-state index contributed by atoms with van der Waals surface area (Å²) in [6.45, 7) is 7.87. The van der Waals surface area contributed by atoms with E-state index in [0.717, 1.165) is 24.8 Å². The minimum absolute atomic E-state index is 0.0406. The summed E-state index contributed by atoms with van der Waals surface area (Å²) in [7, 11) is 0. The van der Waals surface area contributed by atoms with Crippen LogP contribution >= 0.6 is 0 Å². The Balaban J connectivity index is 1.99. The van der Waals surface area contributed by atoms with Gasteiger partial charge in [-0.25, -0.2) is 0 Å². The van der Waals surface area contributed by atoms with Crippen LogP contribution in [0.2, 0.25) is 0 Å². The third-order valence-corrected chi connectivity index (χ3v) is 5.47. The molecule has 2 N–H and O–H groups in total. The minimum atomic E-state index is -1.11. The van der Waals surface area contributed by atoms with Crippen molar-refractivity contribution in [2.75, 3.05) is 13.2 Å². The van der Waals surface area contributed by atoms with E-state index in [2.05, 4.69) is 23.2 Å². The summed E-state index contributed by atoms with van der Waals surface area (Å²) in [5.41, 5.74) is 8.32. The first-order valence-corrected chi connectivity index (χ1v) is 9.85. The average Bonchev–Trinajstić information content (AvgIpc) is 2.65. The summed E-state index contributed by atoms with van der Waals surface area (Å²) in [5.74, 6) is 1.36. The molecule has 166 valence electrons. The van der Waals surface area contributed by atoms with Crippen LogP contribution in [0.3, 0.4) is 0 Å². The predicted molar refractivity (Wildman–Crippen MR) is 109 cm³/mol. The van der Waals surface area contributed by atoms with Gasteiger partial charge in [0.1, 0.15) is 18.5 Å². The maximum absolute atomic E-state index is 10.5. The van der Waals surface area contributed by atoms with Crippen molar-refractivity contribution in [3.05, 3.63) is 62.2 Å². The van der Waals surface area contributed by atoms with E-state index < -0.39 is 28.4 Å². The van der Waals surface area contributed by atoms with Crippen molar-refractivity contribution in [1.29, 1.82) is 0 Å². The molecular formula is C20H29N3O7. The third-order valence-electron chi connectivity index (χ3n) is 5.47. The van der Waals surface area contributed by atoms with E-state index in [1.165, 1.54) is 5.57 Å². The number of allylic oxidation sites excluding steroid dienone is 1. The quantitative estimate of drug-likeness (QED) is 0.324. The fourth-order valence-electron chi connectivity index (χ4n) is 3.93. The van der Waals surface area contributed by atoms with E-state index in [1.807, 2.05) is 25.1 Å². The van der Waals surface area contributed by atoms with E-state index in [4.69, 9.17) is 10.5 Å². The van der Waals surface area contributed by atoms with Gasteiger partial charge in [0, 0.05) is 12.0 Å². The van der Waals surface area contributed by atoms with Crippen LogP contribution in [0.4, 0.5) is 0 Å². The second kappa shape index (κ2) is 10.2. The monoisotopic (exact) mass is 423 g/mol. The molecule has 1 aliphatic rings. The second-order valence-corrected chi connectivity index (χ2v) is 8.11. The molecule has 0 aliphatic heterocycles. The lowest BCUT2D eigenvalue weighted by atomic mass is 9.68. The van der Waals surface area contributed by atoms with Crippen molar-refractivity contribution in [3.63, 3.8) is 0 Å². The standard InChI is InChI=1S/C20H29N3O7/c1-14-9-15(2)11-17(10-14)20(3,21)16-5-4-6-18(12-16)28-8-7-19(30-23(26)27)13-29-22(24)25/h4-6,12,15,17,19H,1,7-11,13,21H2,2-3H3. The summed E-state index contributed by atoms with van der Waals surface area (Å²) in [6, 6.07) is 7.42. The molecular weight excluding hydrogens is 394 g/mol. The number of benzene rings is 1. The zero-order valence-electron chi connectivity index (χ0n) is 17.3. The maximum atomic E-state index is 10.5. The molecule has 0 spiro atoms. The molecule has 0 radical (unpaired) electrons. The lowest BCUT2D eigenvalue weighted by molar-refractivity contribution is -0.790. The summed E-state index contributed by atoms with van der Waals surface area (Å²) >= 11 is 0. The number of hydrogen-bond acceptors (Lipinski definition) is 8. The number of hydrogen-bond donors (Lipinski definition) is 1. The molecule has 0 amide bonds. The molecule has 0 saturated heterocycles. The summed E-state index contributed by atoms with van der Waals surface area (Å²) in [6.07, 6.45) is 1.87. The van der Waals surface area contributed by atoms with E-state index >= 15 is 0 Å². The lowest BCUT2D eigenvalue weighted by Crippen LogP contribution is -2.43. The van der Waals surface area contributed by atoms with Crippen molar-refractivity contribution < 1.29 is 24.6 Å². The Hall–Kier alpha value is -2.88. The molecule has 4 unspecified atom stereocenters. The van der Waals surface area contributed by atoms with Crippen LogP contribution in [0.15, 0.2) is 36.4 Å². The van der Waals surface area contributed by atoms with Gasteiger partial charge < -0.3 is 20.1 Å². The molecule has 2 rings (SSSR count). The Labute approximate surface area is 175 Å². The van der Waals surface area contributed by atoms with Crippen molar-refractivity contribution in [2.24, 2.45) is 17.6 Å². The average molecular weight is 423 g/mol. The number of rotatable bonds is 11. The van der Waals surface area contributed by atoms with Crippen LogP contribution in [0.1, 0.15) is 45.1 Å². The molecule has 1 fully saturated rings. The molecule has 1 aliphatic carbocycles. The van der Waals surface area contributed by atoms with Crippen LogP contribution in [-0.4, -0.2) is 29.5 Å². The number of nitrogens with zero attached hydrogens (tertiary/aromatic N) is 2. The molecule has 4 atom stereocenters. The Morgan fingerprint density at radius 3 is 2.67 bits per heavy atom. The molecule has 0 aromatic heterocycles. The van der Waals surface area contributed by atoms with Crippen LogP contribution in [0.5, 0.6) is 5.75 Å². The van der Waals surface area contributed by atoms with Gasteiger partial charge in [-0.15, -0.1) is 20.2 Å².